The maximum atomic E-state index is 12.1. The highest BCUT2D eigenvalue weighted by Crippen LogP contribution is 2.42. The molecule has 4 rings (SSSR count). The van der Waals surface area contributed by atoms with Gasteiger partial charge in [-0.15, -0.1) is 0 Å². The fraction of sp³-hybridized carbons (Fsp3) is 0.412. The van der Waals surface area contributed by atoms with Crippen molar-refractivity contribution >= 4 is 15.9 Å². The molecule has 1 unspecified atom stereocenters. The molecule has 0 aliphatic heterocycles. The molecule has 2 aliphatic rings. The predicted molar refractivity (Wildman–Crippen MR) is 85.7 cm³/mol. The molecule has 1 heterocycles. The van der Waals surface area contributed by atoms with Gasteiger partial charge in [-0.3, -0.25) is 4.79 Å². The van der Waals surface area contributed by atoms with Crippen molar-refractivity contribution in [3.05, 3.63) is 61.7 Å². The Morgan fingerprint density at radius 3 is 2.62 bits per heavy atom. The second-order valence-corrected chi connectivity index (χ2v) is 6.93. The second-order valence-electron chi connectivity index (χ2n) is 6.13. The van der Waals surface area contributed by atoms with Crippen molar-refractivity contribution in [2.45, 2.75) is 43.9 Å². The van der Waals surface area contributed by atoms with Crippen molar-refractivity contribution in [1.82, 2.24) is 9.97 Å². The first-order valence-corrected chi connectivity index (χ1v) is 8.38. The first-order valence-electron chi connectivity index (χ1n) is 7.59. The maximum Gasteiger partial charge on any atom is 0.265 e. The molecule has 1 N–H and O–H groups in total. The molecule has 0 amide bonds. The van der Waals surface area contributed by atoms with E-state index in [0.717, 1.165) is 43.6 Å². The first-order chi connectivity index (χ1) is 10.2. The van der Waals surface area contributed by atoms with Gasteiger partial charge in [0.15, 0.2) is 0 Å². The number of aromatic amines is 1. The Morgan fingerprint density at radius 2 is 1.86 bits per heavy atom. The van der Waals surface area contributed by atoms with Crippen molar-refractivity contribution in [1.29, 1.82) is 0 Å². The topological polar surface area (TPSA) is 45.8 Å². The summed E-state index contributed by atoms with van der Waals surface area (Å²) >= 11 is 3.40. The largest absolute Gasteiger partial charge is 0.309 e. The van der Waals surface area contributed by atoms with Crippen LogP contribution in [0.2, 0.25) is 0 Å². The van der Waals surface area contributed by atoms with Crippen LogP contribution in [0.1, 0.15) is 53.7 Å². The van der Waals surface area contributed by atoms with Crippen LogP contribution in [0, 0.1) is 0 Å². The lowest BCUT2D eigenvalue weighted by Crippen LogP contribution is -2.21. The summed E-state index contributed by atoms with van der Waals surface area (Å²) in [5, 5.41) is 0. The van der Waals surface area contributed by atoms with Crippen LogP contribution in [0.3, 0.4) is 0 Å². The van der Waals surface area contributed by atoms with Crippen LogP contribution in [-0.2, 0) is 12.8 Å². The van der Waals surface area contributed by atoms with Gasteiger partial charge >= 0.3 is 0 Å². The summed E-state index contributed by atoms with van der Waals surface area (Å²) in [6.45, 7) is 0. The van der Waals surface area contributed by atoms with Crippen LogP contribution < -0.4 is 5.56 Å². The van der Waals surface area contributed by atoms with Crippen molar-refractivity contribution in [2.75, 3.05) is 0 Å². The number of aromatic nitrogens is 2. The molecule has 0 spiro atoms. The van der Waals surface area contributed by atoms with Crippen LogP contribution in [-0.4, -0.2) is 9.97 Å². The van der Waals surface area contributed by atoms with E-state index in [1.807, 2.05) is 0 Å². The molecule has 21 heavy (non-hydrogen) atoms. The number of nitrogens with one attached hydrogen (secondary N) is 1. The number of rotatable bonds is 2. The minimum Gasteiger partial charge on any atom is -0.309 e. The summed E-state index contributed by atoms with van der Waals surface area (Å²) in [5.74, 6) is 1.69. The van der Waals surface area contributed by atoms with Crippen LogP contribution in [0.25, 0.3) is 0 Å². The van der Waals surface area contributed by atoms with Crippen LogP contribution in [0.5, 0.6) is 0 Å². The van der Waals surface area contributed by atoms with Crippen molar-refractivity contribution < 1.29 is 0 Å². The summed E-state index contributed by atoms with van der Waals surface area (Å²) in [5.41, 5.74) is 3.77. The lowest BCUT2D eigenvalue weighted by molar-refractivity contribution is 0.549. The van der Waals surface area contributed by atoms with Gasteiger partial charge in [-0.05, 0) is 59.2 Å². The third kappa shape index (κ3) is 2.46. The van der Waals surface area contributed by atoms with Gasteiger partial charge in [0.05, 0.1) is 5.69 Å². The smallest absolute Gasteiger partial charge is 0.265 e. The summed E-state index contributed by atoms with van der Waals surface area (Å²) < 4.78 is 0.630. The number of hydrogen-bond acceptors (Lipinski definition) is 2. The van der Waals surface area contributed by atoms with Crippen LogP contribution in [0.15, 0.2) is 33.5 Å². The van der Waals surface area contributed by atoms with E-state index in [2.05, 4.69) is 45.2 Å². The molecule has 1 fully saturated rings. The predicted octanol–water partition coefficient (Wildman–Crippen LogP) is 3.68. The molecule has 0 saturated heterocycles. The molecule has 3 nitrogen and oxygen atoms in total. The fourth-order valence-electron chi connectivity index (χ4n) is 3.25. The van der Waals surface area contributed by atoms with Crippen molar-refractivity contribution in [3.63, 3.8) is 0 Å². The average molecular weight is 345 g/mol. The number of hydrogen-bond donors (Lipinski definition) is 1. The lowest BCUT2D eigenvalue weighted by atomic mass is 9.83. The summed E-state index contributed by atoms with van der Waals surface area (Å²) in [4.78, 5) is 19.9. The summed E-state index contributed by atoms with van der Waals surface area (Å²) in [6, 6.07) is 8.60. The van der Waals surface area contributed by atoms with Crippen molar-refractivity contribution in [3.8, 4) is 0 Å². The Kier molecular flexibility index (Phi) is 3.21. The number of aryl methyl sites for hydroxylation is 1. The van der Waals surface area contributed by atoms with E-state index in [-0.39, 0.29) is 5.56 Å². The normalized spacial score (nSPS) is 21.1. The summed E-state index contributed by atoms with van der Waals surface area (Å²) in [6.07, 6.45) is 5.42. The Morgan fingerprint density at radius 1 is 1.10 bits per heavy atom. The molecule has 1 aromatic carbocycles. The number of fused-ring (bicyclic) bond motifs is 1. The number of H-pyrrole nitrogens is 1. The molecule has 1 saturated carbocycles. The van der Waals surface area contributed by atoms with Gasteiger partial charge in [-0.1, -0.05) is 24.3 Å². The molecule has 0 radical (unpaired) electrons. The zero-order valence-corrected chi connectivity index (χ0v) is 13.3. The average Bonchev–Trinajstić information content (AvgIpc) is 3.34. The molecule has 108 valence electrons. The minimum atomic E-state index is -0.0271. The minimum absolute atomic E-state index is 0.0271. The van der Waals surface area contributed by atoms with E-state index in [9.17, 15) is 4.79 Å². The standard InChI is InChI=1S/C17H17BrN2O/c18-14-15(11-6-7-11)19-16(20-17(14)21)13-8-5-10-3-1-2-4-12(10)9-13/h1-4,11,13H,5-9H2,(H,19,20,21). The van der Waals surface area contributed by atoms with E-state index in [4.69, 9.17) is 4.98 Å². The molecular weight excluding hydrogens is 328 g/mol. The third-order valence-corrected chi connectivity index (χ3v) is 5.37. The lowest BCUT2D eigenvalue weighted by Gasteiger charge is -2.24. The Bertz CT molecular complexity index is 749. The van der Waals surface area contributed by atoms with E-state index in [1.54, 1.807) is 0 Å². The van der Waals surface area contributed by atoms with Gasteiger partial charge in [0, 0.05) is 11.8 Å². The van der Waals surface area contributed by atoms with E-state index in [0.29, 0.717) is 16.3 Å². The maximum absolute atomic E-state index is 12.1. The van der Waals surface area contributed by atoms with Gasteiger partial charge in [0.1, 0.15) is 10.3 Å². The number of halogens is 1. The monoisotopic (exact) mass is 344 g/mol. The summed E-state index contributed by atoms with van der Waals surface area (Å²) in [7, 11) is 0. The highest BCUT2D eigenvalue weighted by Gasteiger charge is 2.30. The van der Waals surface area contributed by atoms with Gasteiger partial charge in [0.2, 0.25) is 0 Å². The highest BCUT2D eigenvalue weighted by molar-refractivity contribution is 9.10. The molecule has 1 atom stereocenters. The van der Waals surface area contributed by atoms with Gasteiger partial charge in [0.25, 0.3) is 5.56 Å². The second kappa shape index (κ2) is 5.09. The van der Waals surface area contributed by atoms with E-state index >= 15 is 0 Å². The number of benzene rings is 1. The highest BCUT2D eigenvalue weighted by atomic mass is 79.9. The first kappa shape index (κ1) is 13.3. The van der Waals surface area contributed by atoms with E-state index < -0.39 is 0 Å². The van der Waals surface area contributed by atoms with E-state index in [1.165, 1.54) is 11.1 Å². The number of nitrogens with zero attached hydrogens (tertiary/aromatic N) is 1. The van der Waals surface area contributed by atoms with Gasteiger partial charge in [-0.25, -0.2) is 4.98 Å². The molecule has 2 aromatic rings. The quantitative estimate of drug-likeness (QED) is 0.902. The van der Waals surface area contributed by atoms with Crippen LogP contribution >= 0.6 is 15.9 Å². The van der Waals surface area contributed by atoms with Gasteiger partial charge in [-0.2, -0.15) is 0 Å². The Hall–Kier alpha value is -1.42. The molecule has 1 aromatic heterocycles. The molecule has 4 heteroatoms. The fourth-order valence-corrected chi connectivity index (χ4v) is 3.76. The molecule has 0 bridgehead atoms. The third-order valence-electron chi connectivity index (χ3n) is 4.60. The Labute approximate surface area is 131 Å². The zero-order valence-electron chi connectivity index (χ0n) is 11.7. The Balaban J connectivity index is 1.70. The van der Waals surface area contributed by atoms with Gasteiger partial charge < -0.3 is 4.98 Å². The zero-order chi connectivity index (χ0) is 14.4. The molecular formula is C17H17BrN2O. The van der Waals surface area contributed by atoms with Crippen LogP contribution in [0.4, 0.5) is 0 Å². The van der Waals surface area contributed by atoms with Crippen molar-refractivity contribution in [2.24, 2.45) is 0 Å². The SMILES string of the molecule is O=c1[nH]c(C2CCc3ccccc3C2)nc(C2CC2)c1Br. The molecule has 2 aliphatic carbocycles.